The maximum absolute atomic E-state index is 10.6. The third-order valence-corrected chi connectivity index (χ3v) is 3.05. The van der Waals surface area contributed by atoms with Crippen molar-refractivity contribution >= 4 is 11.7 Å². The van der Waals surface area contributed by atoms with Gasteiger partial charge in [-0.05, 0) is 37.5 Å². The number of benzene rings is 1. The molecule has 1 aromatic carbocycles. The van der Waals surface area contributed by atoms with Gasteiger partial charge in [-0.25, -0.2) is 0 Å². The van der Waals surface area contributed by atoms with Crippen LogP contribution in [0.4, 0.5) is 5.69 Å². The molecule has 0 saturated carbocycles. The highest BCUT2D eigenvalue weighted by Gasteiger charge is 2.21. The Morgan fingerprint density at radius 3 is 2.88 bits per heavy atom. The molecule has 16 heavy (non-hydrogen) atoms. The fraction of sp³-hybridized carbons (Fsp3) is 0.462. The molecule has 0 spiro atoms. The molecule has 0 saturated heterocycles. The highest BCUT2D eigenvalue weighted by molar-refractivity contribution is 5.71. The number of hydrogen-bond donors (Lipinski definition) is 1. The molecule has 0 fully saturated rings. The molecule has 0 amide bonds. The van der Waals surface area contributed by atoms with E-state index in [0.29, 0.717) is 6.04 Å². The Morgan fingerprint density at radius 1 is 1.50 bits per heavy atom. The normalized spacial score (nSPS) is 14.3. The second-order valence-electron chi connectivity index (χ2n) is 4.57. The number of nitrogens with zero attached hydrogens (tertiary/aromatic N) is 1. The van der Waals surface area contributed by atoms with Gasteiger partial charge in [-0.3, -0.25) is 4.79 Å². The summed E-state index contributed by atoms with van der Waals surface area (Å²) in [5.41, 5.74) is 3.45. The number of rotatable bonds is 3. The maximum atomic E-state index is 10.6. The van der Waals surface area contributed by atoms with Crippen molar-refractivity contribution in [1.29, 1.82) is 0 Å². The van der Waals surface area contributed by atoms with Gasteiger partial charge in [0.05, 0.1) is 6.42 Å². The van der Waals surface area contributed by atoms with Gasteiger partial charge in [0, 0.05) is 18.3 Å². The van der Waals surface area contributed by atoms with Gasteiger partial charge in [0.25, 0.3) is 0 Å². The Bertz CT molecular complexity index is 412. The molecule has 0 unspecified atom stereocenters. The smallest absolute Gasteiger partial charge is 0.307 e. The number of carboxylic acids is 1. The van der Waals surface area contributed by atoms with Gasteiger partial charge >= 0.3 is 5.97 Å². The average molecular weight is 219 g/mol. The lowest BCUT2D eigenvalue weighted by Gasteiger charge is -2.23. The first-order valence-electron chi connectivity index (χ1n) is 5.68. The number of carboxylic acid groups (broad SMARTS) is 1. The van der Waals surface area contributed by atoms with Crippen LogP contribution in [0.3, 0.4) is 0 Å². The van der Waals surface area contributed by atoms with Crippen LogP contribution in [0.1, 0.15) is 25.0 Å². The van der Waals surface area contributed by atoms with E-state index in [0.717, 1.165) is 18.5 Å². The van der Waals surface area contributed by atoms with Crippen LogP contribution in [0.2, 0.25) is 0 Å². The third kappa shape index (κ3) is 2.03. The molecular formula is C13H17NO2. The summed E-state index contributed by atoms with van der Waals surface area (Å²) >= 11 is 0. The molecule has 0 aliphatic carbocycles. The largest absolute Gasteiger partial charge is 0.481 e. The number of anilines is 1. The molecule has 0 radical (unpaired) electrons. The van der Waals surface area contributed by atoms with Crippen molar-refractivity contribution in [3.05, 3.63) is 29.3 Å². The van der Waals surface area contributed by atoms with E-state index in [-0.39, 0.29) is 6.42 Å². The van der Waals surface area contributed by atoms with Crippen LogP contribution in [-0.4, -0.2) is 23.7 Å². The predicted octanol–water partition coefficient (Wildman–Crippen LogP) is 2.08. The van der Waals surface area contributed by atoms with Crippen LogP contribution in [-0.2, 0) is 17.6 Å². The lowest BCUT2D eigenvalue weighted by molar-refractivity contribution is -0.136. The Morgan fingerprint density at radius 2 is 2.25 bits per heavy atom. The Balaban J connectivity index is 2.25. The molecule has 86 valence electrons. The van der Waals surface area contributed by atoms with Gasteiger partial charge in [0.1, 0.15) is 0 Å². The molecule has 0 aromatic heterocycles. The third-order valence-electron chi connectivity index (χ3n) is 3.05. The fourth-order valence-corrected chi connectivity index (χ4v) is 2.30. The van der Waals surface area contributed by atoms with Gasteiger partial charge in [-0.2, -0.15) is 0 Å². The number of fused-ring (bicyclic) bond motifs is 1. The minimum Gasteiger partial charge on any atom is -0.481 e. The molecular weight excluding hydrogens is 202 g/mol. The van der Waals surface area contributed by atoms with Crippen LogP contribution in [0.15, 0.2) is 18.2 Å². The topological polar surface area (TPSA) is 40.5 Å². The lowest BCUT2D eigenvalue weighted by atomic mass is 10.1. The summed E-state index contributed by atoms with van der Waals surface area (Å²) in [7, 11) is 0. The van der Waals surface area contributed by atoms with Crippen molar-refractivity contribution in [3.8, 4) is 0 Å². The standard InChI is InChI=1S/C13H17NO2/c1-9(2)14-6-5-11-7-10(8-13(15)16)3-4-12(11)14/h3-4,7,9H,5-6,8H2,1-2H3,(H,15,16). The van der Waals surface area contributed by atoms with Gasteiger partial charge in [-0.15, -0.1) is 0 Å². The molecule has 3 nitrogen and oxygen atoms in total. The number of hydrogen-bond acceptors (Lipinski definition) is 2. The first kappa shape index (κ1) is 11.0. The van der Waals surface area contributed by atoms with E-state index in [1.54, 1.807) is 0 Å². The van der Waals surface area contributed by atoms with E-state index in [9.17, 15) is 4.79 Å². The predicted molar refractivity (Wildman–Crippen MR) is 64.0 cm³/mol. The van der Waals surface area contributed by atoms with E-state index >= 15 is 0 Å². The van der Waals surface area contributed by atoms with E-state index in [1.165, 1.54) is 11.3 Å². The lowest BCUT2D eigenvalue weighted by Crippen LogP contribution is -2.28. The first-order chi connectivity index (χ1) is 7.58. The van der Waals surface area contributed by atoms with E-state index in [4.69, 9.17) is 5.11 Å². The molecule has 1 aliphatic rings. The highest BCUT2D eigenvalue weighted by atomic mass is 16.4. The van der Waals surface area contributed by atoms with Crippen molar-refractivity contribution in [1.82, 2.24) is 0 Å². The number of carbonyl (C=O) groups is 1. The molecule has 1 aromatic rings. The SMILES string of the molecule is CC(C)N1CCc2cc(CC(=O)O)ccc21. The Hall–Kier alpha value is -1.51. The van der Waals surface area contributed by atoms with Crippen molar-refractivity contribution in [2.45, 2.75) is 32.7 Å². The summed E-state index contributed by atoms with van der Waals surface area (Å²) in [6.07, 6.45) is 1.15. The summed E-state index contributed by atoms with van der Waals surface area (Å²) in [4.78, 5) is 13.0. The zero-order valence-electron chi connectivity index (χ0n) is 9.73. The Kier molecular flexibility index (Phi) is 2.86. The van der Waals surface area contributed by atoms with Crippen LogP contribution in [0, 0.1) is 0 Å². The highest BCUT2D eigenvalue weighted by Crippen LogP contribution is 2.30. The van der Waals surface area contributed by atoms with Gasteiger partial charge in [-0.1, -0.05) is 12.1 Å². The van der Waals surface area contributed by atoms with E-state index < -0.39 is 5.97 Å². The average Bonchev–Trinajstić information content (AvgIpc) is 2.59. The monoisotopic (exact) mass is 219 g/mol. The Labute approximate surface area is 95.7 Å². The van der Waals surface area contributed by atoms with E-state index in [2.05, 4.69) is 24.8 Å². The number of aliphatic carboxylic acids is 1. The molecule has 3 heteroatoms. The quantitative estimate of drug-likeness (QED) is 0.846. The summed E-state index contributed by atoms with van der Waals surface area (Å²) < 4.78 is 0. The van der Waals surface area contributed by atoms with Crippen LogP contribution < -0.4 is 4.90 Å². The van der Waals surface area contributed by atoms with Gasteiger partial charge in [0.2, 0.25) is 0 Å². The zero-order chi connectivity index (χ0) is 11.7. The maximum Gasteiger partial charge on any atom is 0.307 e. The summed E-state index contributed by atoms with van der Waals surface area (Å²) in [6, 6.07) is 6.52. The van der Waals surface area contributed by atoms with E-state index in [1.807, 2.05) is 12.1 Å². The van der Waals surface area contributed by atoms with Crippen molar-refractivity contribution in [3.63, 3.8) is 0 Å². The molecule has 0 bridgehead atoms. The minimum atomic E-state index is -0.765. The molecule has 2 rings (SSSR count). The van der Waals surface area contributed by atoms with Crippen molar-refractivity contribution in [2.75, 3.05) is 11.4 Å². The zero-order valence-corrected chi connectivity index (χ0v) is 9.73. The van der Waals surface area contributed by atoms with Crippen LogP contribution in [0.5, 0.6) is 0 Å². The van der Waals surface area contributed by atoms with Crippen molar-refractivity contribution < 1.29 is 9.90 Å². The first-order valence-corrected chi connectivity index (χ1v) is 5.68. The minimum absolute atomic E-state index is 0.120. The van der Waals surface area contributed by atoms with Crippen molar-refractivity contribution in [2.24, 2.45) is 0 Å². The molecule has 1 N–H and O–H groups in total. The second-order valence-corrected chi connectivity index (χ2v) is 4.57. The second kappa shape index (κ2) is 4.16. The van der Waals surface area contributed by atoms with Gasteiger partial charge < -0.3 is 10.0 Å². The molecule has 0 atom stereocenters. The van der Waals surface area contributed by atoms with Crippen LogP contribution in [0.25, 0.3) is 0 Å². The van der Waals surface area contributed by atoms with Gasteiger partial charge in [0.15, 0.2) is 0 Å². The fourth-order valence-electron chi connectivity index (χ4n) is 2.30. The molecule has 1 heterocycles. The van der Waals surface area contributed by atoms with Crippen LogP contribution >= 0.6 is 0 Å². The summed E-state index contributed by atoms with van der Waals surface area (Å²) in [5, 5.41) is 8.75. The summed E-state index contributed by atoms with van der Waals surface area (Å²) in [6.45, 7) is 5.41. The molecule has 1 aliphatic heterocycles. The summed E-state index contributed by atoms with van der Waals surface area (Å²) in [5.74, 6) is -0.765.